The topological polar surface area (TPSA) is 99.1 Å². The summed E-state index contributed by atoms with van der Waals surface area (Å²) in [6.45, 7) is 8.13. The van der Waals surface area contributed by atoms with Crippen molar-refractivity contribution in [2.45, 2.75) is 116 Å². The molecule has 0 rings (SSSR count). The molecule has 0 aromatic heterocycles. The maximum Gasteiger partial charge on any atom is 0.330 e. The Labute approximate surface area is 225 Å². The number of esters is 3. The minimum atomic E-state index is -1.08. The molecule has 0 bridgehead atoms. The number of hydrogen-bond acceptors (Lipinski definition) is 7. The van der Waals surface area contributed by atoms with Gasteiger partial charge in [-0.2, -0.15) is 0 Å². The van der Waals surface area contributed by atoms with Crippen LogP contribution in [0.5, 0.6) is 0 Å². The van der Waals surface area contributed by atoms with Gasteiger partial charge in [-0.15, -0.1) is 0 Å². The van der Waals surface area contributed by atoms with Crippen molar-refractivity contribution in [3.05, 3.63) is 25.3 Å². The third-order valence-corrected chi connectivity index (χ3v) is 6.59. The highest BCUT2D eigenvalue weighted by Crippen LogP contribution is 2.24. The summed E-state index contributed by atoms with van der Waals surface area (Å²) in [5.41, 5.74) is -1.08. The lowest BCUT2D eigenvalue weighted by atomic mass is 9.87. The highest BCUT2D eigenvalue weighted by molar-refractivity contribution is 5.81. The summed E-state index contributed by atoms with van der Waals surface area (Å²) in [4.78, 5) is 35.0. The van der Waals surface area contributed by atoms with Crippen molar-refractivity contribution >= 4 is 17.9 Å². The largest absolute Gasteiger partial charge is 0.466 e. The normalized spacial score (nSPS) is 11.1. The molecule has 0 saturated carbocycles. The van der Waals surface area contributed by atoms with Crippen LogP contribution in [0.2, 0.25) is 0 Å². The number of aliphatic hydroxyl groups excluding tert-OH is 1. The van der Waals surface area contributed by atoms with Gasteiger partial charge in [0.15, 0.2) is 0 Å². The zero-order valence-corrected chi connectivity index (χ0v) is 23.3. The first-order valence-corrected chi connectivity index (χ1v) is 14.3. The van der Waals surface area contributed by atoms with Crippen LogP contribution in [0, 0.1) is 5.41 Å². The minimum absolute atomic E-state index is 0.0232. The van der Waals surface area contributed by atoms with Crippen LogP contribution in [0.25, 0.3) is 0 Å². The molecule has 0 fully saturated rings. The van der Waals surface area contributed by atoms with E-state index < -0.39 is 24.0 Å². The van der Waals surface area contributed by atoms with Crippen LogP contribution in [-0.4, -0.2) is 49.4 Å². The van der Waals surface area contributed by atoms with E-state index in [2.05, 4.69) is 20.1 Å². The maximum absolute atomic E-state index is 12.1. The number of rotatable bonds is 26. The summed E-state index contributed by atoms with van der Waals surface area (Å²) in [5, 5.41) is 9.89. The third-order valence-electron chi connectivity index (χ3n) is 6.59. The molecule has 0 aromatic rings. The van der Waals surface area contributed by atoms with Crippen molar-refractivity contribution in [1.29, 1.82) is 0 Å². The highest BCUT2D eigenvalue weighted by Gasteiger charge is 2.33. The Bertz CT molecular complexity index is 605. The standard InChI is InChI=1S/C30H52O7/c1-4-7-8-9-10-11-12-13-14-15-16-17-18-19-20-21-29(34)35-23-22-30(24-31,25-36-27(32)5-2)26-37-28(33)6-3/h5-6,31H,2-4,7-26H2,1H3. The monoisotopic (exact) mass is 524 g/mol. The first kappa shape index (κ1) is 34.9. The predicted molar refractivity (Wildman–Crippen MR) is 147 cm³/mol. The maximum atomic E-state index is 12.1. The predicted octanol–water partition coefficient (Wildman–Crippen LogP) is 6.62. The Hall–Kier alpha value is -2.15. The number of unbranched alkanes of at least 4 members (excludes halogenated alkanes) is 14. The molecule has 0 aliphatic heterocycles. The van der Waals surface area contributed by atoms with Crippen molar-refractivity contribution in [3.63, 3.8) is 0 Å². The van der Waals surface area contributed by atoms with E-state index in [0.29, 0.717) is 6.42 Å². The zero-order valence-electron chi connectivity index (χ0n) is 23.3. The van der Waals surface area contributed by atoms with Crippen LogP contribution in [0.1, 0.15) is 116 Å². The summed E-state index contributed by atoms with van der Waals surface area (Å²) in [6.07, 6.45) is 21.5. The van der Waals surface area contributed by atoms with Crippen LogP contribution in [0.4, 0.5) is 0 Å². The van der Waals surface area contributed by atoms with Gasteiger partial charge in [0, 0.05) is 18.6 Å². The number of ether oxygens (including phenoxy) is 3. The Morgan fingerprint density at radius 2 is 1.08 bits per heavy atom. The van der Waals surface area contributed by atoms with Crippen molar-refractivity contribution in [3.8, 4) is 0 Å². The number of aliphatic hydroxyl groups is 1. The van der Waals surface area contributed by atoms with Gasteiger partial charge in [0.05, 0.1) is 18.6 Å². The van der Waals surface area contributed by atoms with E-state index in [0.717, 1.165) is 31.4 Å². The second kappa shape index (κ2) is 24.2. The van der Waals surface area contributed by atoms with E-state index in [1.54, 1.807) is 0 Å². The molecule has 0 unspecified atom stereocenters. The molecule has 37 heavy (non-hydrogen) atoms. The van der Waals surface area contributed by atoms with Gasteiger partial charge in [-0.1, -0.05) is 110 Å². The number of hydrogen-bond donors (Lipinski definition) is 1. The molecule has 0 amide bonds. The molecule has 0 aromatic carbocycles. The zero-order chi connectivity index (χ0) is 27.6. The van der Waals surface area contributed by atoms with Crippen molar-refractivity contribution in [2.24, 2.45) is 5.41 Å². The van der Waals surface area contributed by atoms with Crippen LogP contribution < -0.4 is 0 Å². The molecule has 0 saturated heterocycles. The van der Waals surface area contributed by atoms with Crippen LogP contribution in [0.15, 0.2) is 25.3 Å². The molecule has 0 spiro atoms. The molecule has 214 valence electrons. The fraction of sp³-hybridized carbons (Fsp3) is 0.767. The lowest BCUT2D eigenvalue weighted by Crippen LogP contribution is -2.39. The minimum Gasteiger partial charge on any atom is -0.466 e. The van der Waals surface area contributed by atoms with Crippen LogP contribution in [-0.2, 0) is 28.6 Å². The van der Waals surface area contributed by atoms with Gasteiger partial charge in [0.2, 0.25) is 0 Å². The summed E-state index contributed by atoms with van der Waals surface area (Å²) in [6, 6.07) is 0. The first-order valence-electron chi connectivity index (χ1n) is 14.3. The second-order valence-corrected chi connectivity index (χ2v) is 9.95. The molecule has 0 atom stereocenters. The molecule has 0 aliphatic carbocycles. The average molecular weight is 525 g/mol. The summed E-state index contributed by atoms with van der Waals surface area (Å²) < 4.78 is 15.4. The van der Waals surface area contributed by atoms with Gasteiger partial charge >= 0.3 is 17.9 Å². The van der Waals surface area contributed by atoms with Gasteiger partial charge in [-0.25, -0.2) is 9.59 Å². The van der Waals surface area contributed by atoms with Gasteiger partial charge in [0.25, 0.3) is 0 Å². The van der Waals surface area contributed by atoms with Crippen molar-refractivity contribution in [1.82, 2.24) is 0 Å². The van der Waals surface area contributed by atoms with E-state index in [4.69, 9.17) is 14.2 Å². The van der Waals surface area contributed by atoms with E-state index in [9.17, 15) is 19.5 Å². The van der Waals surface area contributed by atoms with Gasteiger partial charge in [-0.3, -0.25) is 4.79 Å². The lowest BCUT2D eigenvalue weighted by Gasteiger charge is -2.30. The smallest absolute Gasteiger partial charge is 0.330 e. The second-order valence-electron chi connectivity index (χ2n) is 9.95. The third kappa shape index (κ3) is 20.6. The quantitative estimate of drug-likeness (QED) is 0.0587. The first-order chi connectivity index (χ1) is 17.9. The summed E-state index contributed by atoms with van der Waals surface area (Å²) in [5.74, 6) is -1.61. The van der Waals surface area contributed by atoms with E-state index >= 15 is 0 Å². The fourth-order valence-corrected chi connectivity index (χ4v) is 4.02. The Kier molecular flexibility index (Phi) is 22.8. The average Bonchev–Trinajstić information content (AvgIpc) is 2.91. The van der Waals surface area contributed by atoms with Crippen molar-refractivity contribution < 1.29 is 33.7 Å². The van der Waals surface area contributed by atoms with E-state index in [1.165, 1.54) is 77.0 Å². The van der Waals surface area contributed by atoms with Crippen LogP contribution >= 0.6 is 0 Å². The highest BCUT2D eigenvalue weighted by atomic mass is 16.6. The molecule has 0 heterocycles. The SMILES string of the molecule is C=CC(=O)OCC(CO)(CCOC(=O)CCCCCCCCCCCCCCCCC)COC(=O)C=C. The molecule has 7 heteroatoms. The van der Waals surface area contributed by atoms with Crippen LogP contribution in [0.3, 0.4) is 0 Å². The molecule has 0 aliphatic rings. The van der Waals surface area contributed by atoms with Gasteiger partial charge in [-0.05, 0) is 12.8 Å². The number of carbonyl (C=O) groups is 3. The molecule has 1 N–H and O–H groups in total. The van der Waals surface area contributed by atoms with Gasteiger partial charge in [0.1, 0.15) is 13.2 Å². The molecular formula is C30H52O7. The van der Waals surface area contributed by atoms with E-state index in [-0.39, 0.29) is 32.2 Å². The van der Waals surface area contributed by atoms with Crippen molar-refractivity contribution in [2.75, 3.05) is 26.4 Å². The Morgan fingerprint density at radius 1 is 0.676 bits per heavy atom. The lowest BCUT2D eigenvalue weighted by molar-refractivity contribution is -0.155. The fourth-order valence-electron chi connectivity index (χ4n) is 4.02. The Balaban J connectivity index is 3.93. The summed E-state index contributed by atoms with van der Waals surface area (Å²) in [7, 11) is 0. The molecular weight excluding hydrogens is 472 g/mol. The summed E-state index contributed by atoms with van der Waals surface area (Å²) >= 11 is 0. The number of carbonyl (C=O) groups excluding carboxylic acids is 3. The van der Waals surface area contributed by atoms with E-state index in [1.807, 2.05) is 0 Å². The molecule has 0 radical (unpaired) electrons. The molecule has 7 nitrogen and oxygen atoms in total. The van der Waals surface area contributed by atoms with Gasteiger partial charge < -0.3 is 19.3 Å². The Morgan fingerprint density at radius 3 is 1.46 bits per heavy atom.